The van der Waals surface area contributed by atoms with Gasteiger partial charge in [-0.2, -0.15) is 22.5 Å². The maximum atomic E-state index is 14.7. The van der Waals surface area contributed by atoms with E-state index >= 15 is 0 Å². The van der Waals surface area contributed by atoms with Crippen LogP contribution in [0.15, 0.2) is 47.5 Å². The zero-order valence-corrected chi connectivity index (χ0v) is 22.9. The molecule has 11 heteroatoms. The van der Waals surface area contributed by atoms with Crippen LogP contribution in [0.1, 0.15) is 61.0 Å². The Kier molecular flexibility index (Phi) is 8.16. The molecule has 0 N–H and O–H groups in total. The van der Waals surface area contributed by atoms with E-state index in [1.807, 2.05) is 30.3 Å². The lowest BCUT2D eigenvalue weighted by Gasteiger charge is -2.32. The minimum Gasteiger partial charge on any atom is -0.493 e. The molecular weight excluding hydrogens is 533 g/mol. The van der Waals surface area contributed by atoms with Gasteiger partial charge in [0.2, 0.25) is 11.7 Å². The van der Waals surface area contributed by atoms with Gasteiger partial charge < -0.3 is 14.2 Å². The van der Waals surface area contributed by atoms with Crippen molar-refractivity contribution in [1.29, 1.82) is 0 Å². The Morgan fingerprint density at radius 2 is 1.77 bits per heavy atom. The molecule has 2 aromatic carbocycles. The Morgan fingerprint density at radius 3 is 2.38 bits per heavy atom. The van der Waals surface area contributed by atoms with Gasteiger partial charge in [-0.1, -0.05) is 43.3 Å². The van der Waals surface area contributed by atoms with Gasteiger partial charge in [-0.25, -0.2) is 9.37 Å². The predicted octanol–water partition coefficient (Wildman–Crippen LogP) is 6.90. The van der Waals surface area contributed by atoms with Crippen molar-refractivity contribution >= 4 is 5.71 Å². The molecule has 1 aromatic heterocycles. The van der Waals surface area contributed by atoms with Crippen LogP contribution in [0.5, 0.6) is 11.6 Å². The van der Waals surface area contributed by atoms with E-state index in [0.29, 0.717) is 17.0 Å². The molecule has 3 aromatic rings. The molecule has 2 heterocycles. The van der Waals surface area contributed by atoms with Crippen LogP contribution in [0, 0.1) is 24.5 Å². The molecule has 0 radical (unpaired) electrons. The summed E-state index contributed by atoms with van der Waals surface area (Å²) in [6, 6.07) is 11.3. The first kappa shape index (κ1) is 29.4. The minimum atomic E-state index is -4.79. The van der Waals surface area contributed by atoms with Crippen molar-refractivity contribution in [3.63, 3.8) is 0 Å². The summed E-state index contributed by atoms with van der Waals surface area (Å²) in [7, 11) is 2.71. The van der Waals surface area contributed by atoms with Crippen LogP contribution in [0.4, 0.5) is 22.0 Å². The van der Waals surface area contributed by atoms with Gasteiger partial charge in [0.25, 0.3) is 0 Å². The number of aryl methyl sites for hydroxylation is 1. The van der Waals surface area contributed by atoms with Gasteiger partial charge in [-0.05, 0) is 32.4 Å². The van der Waals surface area contributed by atoms with E-state index in [2.05, 4.69) is 15.0 Å². The molecule has 40 heavy (non-hydrogen) atoms. The summed E-state index contributed by atoms with van der Waals surface area (Å²) in [6.45, 7) is 5.81. The van der Waals surface area contributed by atoms with Crippen molar-refractivity contribution in [2.24, 2.45) is 10.9 Å². The van der Waals surface area contributed by atoms with Crippen LogP contribution in [-0.4, -0.2) is 41.6 Å². The van der Waals surface area contributed by atoms with Gasteiger partial charge in [-0.3, -0.25) is 4.99 Å². The number of aliphatic imine (C=N–C) groups is 1. The van der Waals surface area contributed by atoms with Gasteiger partial charge in [0.1, 0.15) is 12.7 Å². The van der Waals surface area contributed by atoms with Crippen LogP contribution in [0.2, 0.25) is 0 Å². The highest BCUT2D eigenvalue weighted by atomic mass is 19.4. The van der Waals surface area contributed by atoms with E-state index < -0.39 is 47.1 Å². The second-order valence-electron chi connectivity index (χ2n) is 9.87. The molecule has 0 unspecified atom stereocenters. The molecule has 1 aliphatic rings. The number of halogens is 5. The van der Waals surface area contributed by atoms with E-state index in [1.54, 1.807) is 20.9 Å². The second kappa shape index (κ2) is 11.1. The number of rotatable bonds is 7. The number of hydrogen-bond acceptors (Lipinski definition) is 6. The standard InChI is InChI=1S/C29H30F5N3O3/c1-15-21(19-12-13-20(30)23(31)24(19)38-6)25(40-28(15,4)29(32,33)34)26-36-17(3)22(16(2)35-5)27(37-26)39-14-18-10-8-7-9-11-18/h7-13,15,21,25H,14H2,1-6H3/t15-,21-,25+,28+/m0/s1. The zero-order chi connectivity index (χ0) is 29.4. The fourth-order valence-electron chi connectivity index (χ4n) is 5.09. The number of nitrogens with zero attached hydrogens (tertiary/aromatic N) is 3. The lowest BCUT2D eigenvalue weighted by molar-refractivity contribution is -0.275. The number of benzene rings is 2. The molecule has 0 bridgehead atoms. The van der Waals surface area contributed by atoms with Crippen LogP contribution >= 0.6 is 0 Å². The van der Waals surface area contributed by atoms with Gasteiger partial charge >= 0.3 is 6.18 Å². The quantitative estimate of drug-likeness (QED) is 0.231. The van der Waals surface area contributed by atoms with E-state index in [1.165, 1.54) is 13.0 Å². The summed E-state index contributed by atoms with van der Waals surface area (Å²) in [5.74, 6) is -5.38. The SMILES string of the molecule is CN=C(C)c1c(C)nc([C@@H]2O[C@@](C)(C(F)(F)F)[C@@H](C)[C@H]2c2ccc(F)c(F)c2OC)nc1OCc1ccccc1. The third-order valence-electron chi connectivity index (χ3n) is 7.56. The summed E-state index contributed by atoms with van der Waals surface area (Å²) >= 11 is 0. The third-order valence-corrected chi connectivity index (χ3v) is 7.56. The number of methoxy groups -OCH3 is 1. The monoisotopic (exact) mass is 563 g/mol. The molecule has 6 nitrogen and oxygen atoms in total. The lowest BCUT2D eigenvalue weighted by atomic mass is 9.77. The van der Waals surface area contributed by atoms with Crippen LogP contribution in [0.25, 0.3) is 0 Å². The summed E-state index contributed by atoms with van der Waals surface area (Å²) in [5, 5.41) is 0. The fraction of sp³-hybridized carbons (Fsp3) is 0.414. The first-order valence-electron chi connectivity index (χ1n) is 12.6. The Morgan fingerprint density at radius 1 is 1.10 bits per heavy atom. The van der Waals surface area contributed by atoms with Crippen molar-refractivity contribution in [2.45, 2.75) is 58.1 Å². The number of ether oxygens (including phenoxy) is 3. The van der Waals surface area contributed by atoms with E-state index in [-0.39, 0.29) is 23.9 Å². The molecule has 214 valence electrons. The Hall–Kier alpha value is -3.60. The van der Waals surface area contributed by atoms with Crippen LogP contribution < -0.4 is 9.47 Å². The fourth-order valence-corrected chi connectivity index (χ4v) is 5.09. The van der Waals surface area contributed by atoms with Crippen LogP contribution in [-0.2, 0) is 11.3 Å². The highest BCUT2D eigenvalue weighted by Gasteiger charge is 2.65. The van der Waals surface area contributed by atoms with E-state index in [4.69, 9.17) is 14.2 Å². The average Bonchev–Trinajstić information content (AvgIpc) is 3.20. The molecule has 4 atom stereocenters. The molecular formula is C29H30F5N3O3. The van der Waals surface area contributed by atoms with Gasteiger partial charge in [0, 0.05) is 30.2 Å². The topological polar surface area (TPSA) is 65.8 Å². The molecule has 1 fully saturated rings. The zero-order valence-electron chi connectivity index (χ0n) is 22.9. The number of hydrogen-bond donors (Lipinski definition) is 0. The average molecular weight is 564 g/mol. The predicted molar refractivity (Wildman–Crippen MR) is 139 cm³/mol. The summed E-state index contributed by atoms with van der Waals surface area (Å²) < 4.78 is 88.9. The van der Waals surface area contributed by atoms with Crippen molar-refractivity contribution in [2.75, 3.05) is 14.2 Å². The van der Waals surface area contributed by atoms with Crippen molar-refractivity contribution in [1.82, 2.24) is 9.97 Å². The first-order valence-corrected chi connectivity index (χ1v) is 12.6. The van der Waals surface area contributed by atoms with Crippen molar-refractivity contribution in [3.8, 4) is 11.6 Å². The molecule has 0 saturated carbocycles. The smallest absolute Gasteiger partial charge is 0.417 e. The lowest BCUT2D eigenvalue weighted by Crippen LogP contribution is -2.46. The third kappa shape index (κ3) is 5.14. The van der Waals surface area contributed by atoms with Gasteiger partial charge in [0.05, 0.1) is 18.4 Å². The largest absolute Gasteiger partial charge is 0.493 e. The minimum absolute atomic E-state index is 0.00950. The molecule has 0 spiro atoms. The summed E-state index contributed by atoms with van der Waals surface area (Å²) in [5.41, 5.74) is -0.336. The Balaban J connectivity index is 1.90. The maximum Gasteiger partial charge on any atom is 0.417 e. The summed E-state index contributed by atoms with van der Waals surface area (Å²) in [6.07, 6.45) is -6.19. The van der Waals surface area contributed by atoms with Crippen molar-refractivity contribution in [3.05, 3.63) is 82.3 Å². The molecule has 1 saturated heterocycles. The van der Waals surface area contributed by atoms with Gasteiger partial charge in [0.15, 0.2) is 23.0 Å². The molecule has 1 aliphatic heterocycles. The highest BCUT2D eigenvalue weighted by Crippen LogP contribution is 2.59. The molecule has 0 amide bonds. The van der Waals surface area contributed by atoms with Gasteiger partial charge in [-0.15, -0.1) is 0 Å². The van der Waals surface area contributed by atoms with Crippen LogP contribution in [0.3, 0.4) is 0 Å². The Bertz CT molecular complexity index is 1410. The van der Waals surface area contributed by atoms with E-state index in [9.17, 15) is 22.0 Å². The highest BCUT2D eigenvalue weighted by molar-refractivity contribution is 6.01. The molecule has 0 aliphatic carbocycles. The first-order chi connectivity index (χ1) is 18.8. The summed E-state index contributed by atoms with van der Waals surface area (Å²) in [4.78, 5) is 13.3. The van der Waals surface area contributed by atoms with Crippen molar-refractivity contribution < 1.29 is 36.2 Å². The number of aromatic nitrogens is 2. The van der Waals surface area contributed by atoms with E-state index in [0.717, 1.165) is 25.7 Å². The normalized spacial score (nSPS) is 23.4. The molecule has 4 rings (SSSR count). The maximum absolute atomic E-state index is 14.7. The number of alkyl halides is 3. The Labute approximate surface area is 229 Å². The second-order valence-corrected chi connectivity index (χ2v) is 9.87.